The lowest BCUT2D eigenvalue weighted by atomic mass is 9.89. The van der Waals surface area contributed by atoms with Crippen molar-refractivity contribution in [2.45, 2.75) is 24.4 Å². The summed E-state index contributed by atoms with van der Waals surface area (Å²) in [5, 5.41) is 29.0. The third-order valence-corrected chi connectivity index (χ3v) is 3.25. The van der Waals surface area contributed by atoms with Crippen LogP contribution in [0, 0.1) is 0 Å². The third-order valence-electron chi connectivity index (χ3n) is 3.25. The molecule has 1 aromatic rings. The molecule has 17 heavy (non-hydrogen) atoms. The van der Waals surface area contributed by atoms with E-state index >= 15 is 0 Å². The lowest BCUT2D eigenvalue weighted by Crippen LogP contribution is -2.35. The van der Waals surface area contributed by atoms with Gasteiger partial charge in [-0.25, -0.2) is 4.79 Å². The molecular weight excluding hydrogens is 224 g/mol. The zero-order valence-electron chi connectivity index (χ0n) is 9.38. The summed E-state index contributed by atoms with van der Waals surface area (Å²) in [7, 11) is 1.20. The summed E-state index contributed by atoms with van der Waals surface area (Å²) >= 11 is 0. The average Bonchev–Trinajstić information content (AvgIpc) is 3.11. The molecule has 0 spiro atoms. The number of rotatable bonds is 3. The molecule has 2 rings (SSSR count). The Morgan fingerprint density at radius 3 is 2.59 bits per heavy atom. The van der Waals surface area contributed by atoms with Crippen molar-refractivity contribution in [1.82, 2.24) is 0 Å². The first-order valence-corrected chi connectivity index (χ1v) is 5.29. The van der Waals surface area contributed by atoms with Crippen LogP contribution in [0.2, 0.25) is 0 Å². The average molecular weight is 238 g/mol. The van der Waals surface area contributed by atoms with Gasteiger partial charge in [0, 0.05) is 11.0 Å². The van der Waals surface area contributed by atoms with Crippen LogP contribution >= 0.6 is 0 Å². The molecule has 1 fully saturated rings. The van der Waals surface area contributed by atoms with Gasteiger partial charge in [-0.1, -0.05) is 0 Å². The summed E-state index contributed by atoms with van der Waals surface area (Å²) in [6.45, 7) is 0. The molecule has 0 radical (unpaired) electrons. The van der Waals surface area contributed by atoms with E-state index in [1.807, 2.05) is 0 Å². The number of carbonyl (C=O) groups excluding carboxylic acids is 1. The lowest BCUT2D eigenvalue weighted by Gasteiger charge is -2.21. The van der Waals surface area contributed by atoms with Gasteiger partial charge < -0.3 is 20.1 Å². The first-order chi connectivity index (χ1) is 8.01. The molecule has 0 amide bonds. The molecule has 5 nitrogen and oxygen atoms in total. The number of aliphatic hydroxyl groups excluding tert-OH is 1. The maximum Gasteiger partial charge on any atom is 0.335 e. The molecule has 1 unspecified atom stereocenters. The van der Waals surface area contributed by atoms with E-state index in [9.17, 15) is 20.1 Å². The summed E-state index contributed by atoms with van der Waals surface area (Å²) in [6, 6.07) is 4.06. The molecule has 1 aliphatic carbocycles. The molecule has 3 N–H and O–H groups in total. The van der Waals surface area contributed by atoms with Gasteiger partial charge in [-0.15, -0.1) is 0 Å². The van der Waals surface area contributed by atoms with Gasteiger partial charge in [0.25, 0.3) is 0 Å². The van der Waals surface area contributed by atoms with Gasteiger partial charge in [0.05, 0.1) is 7.11 Å². The van der Waals surface area contributed by atoms with E-state index in [-0.39, 0.29) is 11.5 Å². The Balaban J connectivity index is 2.38. The number of aliphatic hydroxyl groups is 1. The number of phenols is 2. The maximum atomic E-state index is 11.4. The van der Waals surface area contributed by atoms with Crippen molar-refractivity contribution in [2.24, 2.45) is 0 Å². The Morgan fingerprint density at radius 1 is 1.41 bits per heavy atom. The zero-order valence-corrected chi connectivity index (χ0v) is 9.38. The highest BCUT2D eigenvalue weighted by atomic mass is 16.5. The number of aromatic hydroxyl groups is 2. The first-order valence-electron chi connectivity index (χ1n) is 5.29. The number of esters is 1. The molecule has 5 heteroatoms. The minimum absolute atomic E-state index is 0.0128. The van der Waals surface area contributed by atoms with Crippen molar-refractivity contribution in [2.75, 3.05) is 7.11 Å². The highest BCUT2D eigenvalue weighted by Gasteiger charge is 2.55. The van der Waals surface area contributed by atoms with E-state index in [1.165, 1.54) is 25.3 Å². The van der Waals surface area contributed by atoms with E-state index in [1.54, 1.807) is 0 Å². The predicted molar refractivity (Wildman–Crippen MR) is 58.7 cm³/mol. The van der Waals surface area contributed by atoms with Crippen LogP contribution in [0.1, 0.15) is 18.4 Å². The monoisotopic (exact) mass is 238 g/mol. The Morgan fingerprint density at radius 2 is 2.06 bits per heavy atom. The van der Waals surface area contributed by atoms with Crippen molar-refractivity contribution in [3.8, 4) is 11.5 Å². The maximum absolute atomic E-state index is 11.4. The Kier molecular flexibility index (Phi) is 2.71. The van der Waals surface area contributed by atoms with E-state index in [0.717, 1.165) is 0 Å². The number of ether oxygens (including phenoxy) is 1. The lowest BCUT2D eigenvalue weighted by molar-refractivity contribution is -0.152. The van der Waals surface area contributed by atoms with Crippen molar-refractivity contribution >= 4 is 5.97 Å². The van der Waals surface area contributed by atoms with Crippen LogP contribution < -0.4 is 0 Å². The number of methoxy groups -OCH3 is 1. The van der Waals surface area contributed by atoms with Gasteiger partial charge >= 0.3 is 5.97 Å². The van der Waals surface area contributed by atoms with Crippen molar-refractivity contribution in [1.29, 1.82) is 0 Å². The zero-order chi connectivity index (χ0) is 12.6. The summed E-state index contributed by atoms with van der Waals surface area (Å²) in [5.41, 5.74) is -0.439. The van der Waals surface area contributed by atoms with Gasteiger partial charge in [0.15, 0.2) is 6.10 Å². The van der Waals surface area contributed by atoms with E-state index in [4.69, 9.17) is 0 Å². The molecule has 92 valence electrons. The van der Waals surface area contributed by atoms with Crippen molar-refractivity contribution in [3.63, 3.8) is 0 Å². The molecule has 0 aromatic heterocycles. The Bertz CT molecular complexity index is 450. The standard InChI is InChI=1S/C12H14O5/c1-17-11(16)10(15)12(4-5-12)8-6-7(13)2-3-9(8)14/h2-3,6,10,13-15H,4-5H2,1H3. The SMILES string of the molecule is COC(=O)C(O)C1(c2cc(O)ccc2O)CC1. The molecule has 1 aliphatic rings. The summed E-state index contributed by atoms with van der Waals surface area (Å²) in [5.74, 6) is -0.783. The second kappa shape index (κ2) is 3.92. The summed E-state index contributed by atoms with van der Waals surface area (Å²) < 4.78 is 4.50. The fourth-order valence-corrected chi connectivity index (χ4v) is 2.08. The third kappa shape index (κ3) is 1.82. The van der Waals surface area contributed by atoms with E-state index in [0.29, 0.717) is 18.4 Å². The molecule has 1 saturated carbocycles. The second-order valence-corrected chi connectivity index (χ2v) is 4.28. The van der Waals surface area contributed by atoms with Crippen LogP contribution in [0.4, 0.5) is 0 Å². The van der Waals surface area contributed by atoms with E-state index in [2.05, 4.69) is 4.74 Å². The first kappa shape index (κ1) is 11.7. The smallest absolute Gasteiger partial charge is 0.335 e. The second-order valence-electron chi connectivity index (χ2n) is 4.28. The van der Waals surface area contributed by atoms with Gasteiger partial charge in [-0.2, -0.15) is 0 Å². The molecule has 0 heterocycles. The molecule has 1 aromatic carbocycles. The van der Waals surface area contributed by atoms with Crippen molar-refractivity contribution in [3.05, 3.63) is 23.8 Å². The quantitative estimate of drug-likeness (QED) is 0.532. The minimum Gasteiger partial charge on any atom is -0.508 e. The van der Waals surface area contributed by atoms with Gasteiger partial charge in [0.1, 0.15) is 11.5 Å². The molecule has 1 atom stereocenters. The predicted octanol–water partition coefficient (Wildman–Crippen LogP) is 0.663. The highest BCUT2D eigenvalue weighted by molar-refractivity contribution is 5.78. The van der Waals surface area contributed by atoms with Crippen LogP contribution in [0.5, 0.6) is 11.5 Å². The number of phenolic OH excluding ortho intramolecular Hbond substituents is 2. The van der Waals surface area contributed by atoms with Gasteiger partial charge in [-0.05, 0) is 31.0 Å². The van der Waals surface area contributed by atoms with Crippen molar-refractivity contribution < 1.29 is 24.9 Å². The Hall–Kier alpha value is -1.75. The summed E-state index contributed by atoms with van der Waals surface area (Å²) in [4.78, 5) is 11.4. The number of hydrogen-bond donors (Lipinski definition) is 3. The number of hydrogen-bond acceptors (Lipinski definition) is 5. The van der Waals surface area contributed by atoms with Crippen LogP contribution in [0.3, 0.4) is 0 Å². The van der Waals surface area contributed by atoms with Crippen LogP contribution in [-0.2, 0) is 14.9 Å². The number of benzene rings is 1. The van der Waals surface area contributed by atoms with E-state index < -0.39 is 17.5 Å². The van der Waals surface area contributed by atoms with Gasteiger partial charge in [0.2, 0.25) is 0 Å². The molecule has 0 aliphatic heterocycles. The normalized spacial score (nSPS) is 18.5. The highest BCUT2D eigenvalue weighted by Crippen LogP contribution is 2.54. The molecular formula is C12H14O5. The summed E-state index contributed by atoms with van der Waals surface area (Å²) in [6.07, 6.45) is -0.180. The molecule has 0 saturated heterocycles. The topological polar surface area (TPSA) is 87.0 Å². The van der Waals surface area contributed by atoms with Crippen LogP contribution in [0.15, 0.2) is 18.2 Å². The van der Waals surface area contributed by atoms with Crippen LogP contribution in [0.25, 0.3) is 0 Å². The van der Waals surface area contributed by atoms with Crippen LogP contribution in [-0.4, -0.2) is 34.5 Å². The fraction of sp³-hybridized carbons (Fsp3) is 0.417. The largest absolute Gasteiger partial charge is 0.508 e. The fourth-order valence-electron chi connectivity index (χ4n) is 2.08. The molecule has 0 bridgehead atoms. The number of carbonyl (C=O) groups is 1. The van der Waals surface area contributed by atoms with Gasteiger partial charge in [-0.3, -0.25) is 0 Å². The minimum atomic E-state index is -1.32. The Labute approximate surface area is 98.3 Å².